The molecule has 0 unspecified atom stereocenters. The number of nitrogens with zero attached hydrogens (tertiary/aromatic N) is 1. The smallest absolute Gasteiger partial charge is 0.261 e. The first-order valence-electron chi connectivity index (χ1n) is 9.63. The van der Waals surface area contributed by atoms with Gasteiger partial charge in [-0.1, -0.05) is 30.3 Å². The van der Waals surface area contributed by atoms with Crippen LogP contribution >= 0.6 is 11.3 Å². The molecule has 2 N–H and O–H groups in total. The Balaban J connectivity index is 1.43. The molecule has 29 heavy (non-hydrogen) atoms. The van der Waals surface area contributed by atoms with Crippen LogP contribution in [0.2, 0.25) is 0 Å². The van der Waals surface area contributed by atoms with Crippen LogP contribution in [0.3, 0.4) is 0 Å². The van der Waals surface area contributed by atoms with Crippen LogP contribution in [-0.2, 0) is 17.8 Å². The number of rotatable bonds is 6. The van der Waals surface area contributed by atoms with Crippen molar-refractivity contribution in [3.8, 4) is 10.6 Å². The van der Waals surface area contributed by atoms with Crippen LogP contribution in [0.25, 0.3) is 10.6 Å². The van der Waals surface area contributed by atoms with Crippen LogP contribution in [-0.4, -0.2) is 42.1 Å². The van der Waals surface area contributed by atoms with E-state index in [1.807, 2.05) is 35.7 Å². The first-order chi connectivity index (χ1) is 14.2. The fourth-order valence-corrected chi connectivity index (χ4v) is 4.09. The van der Waals surface area contributed by atoms with Gasteiger partial charge in [-0.05, 0) is 34.7 Å². The number of pyridine rings is 1. The van der Waals surface area contributed by atoms with Crippen LogP contribution in [0.5, 0.6) is 0 Å². The summed E-state index contributed by atoms with van der Waals surface area (Å²) in [5, 5.41) is 4.84. The van der Waals surface area contributed by atoms with Gasteiger partial charge in [-0.25, -0.2) is 0 Å². The number of ether oxygens (including phenoxy) is 1. The molecule has 6 nitrogen and oxygen atoms in total. The van der Waals surface area contributed by atoms with Crippen LogP contribution in [0.1, 0.15) is 21.5 Å². The summed E-state index contributed by atoms with van der Waals surface area (Å²) in [5.74, 6) is -0.370. The molecule has 0 radical (unpaired) electrons. The van der Waals surface area contributed by atoms with E-state index in [-0.39, 0.29) is 17.0 Å². The minimum Gasteiger partial charge on any atom is -0.379 e. The number of H-pyrrole nitrogens is 1. The molecule has 0 aliphatic carbocycles. The molecule has 3 aromatic rings. The number of nitrogens with one attached hydrogen (secondary N) is 2. The largest absolute Gasteiger partial charge is 0.379 e. The second-order valence-corrected chi connectivity index (χ2v) is 7.88. The molecular weight excluding hydrogens is 386 g/mol. The highest BCUT2D eigenvalue weighted by Gasteiger charge is 2.15. The number of aromatic nitrogens is 1. The molecule has 1 saturated heterocycles. The molecule has 0 spiro atoms. The van der Waals surface area contributed by atoms with Crippen molar-refractivity contribution in [2.45, 2.75) is 13.1 Å². The zero-order chi connectivity index (χ0) is 20.1. The number of morpholine rings is 1. The lowest BCUT2D eigenvalue weighted by atomic mass is 10.1. The van der Waals surface area contributed by atoms with E-state index in [2.05, 4.69) is 21.3 Å². The molecule has 1 aliphatic rings. The van der Waals surface area contributed by atoms with Gasteiger partial charge in [0.1, 0.15) is 5.56 Å². The Hall–Kier alpha value is -2.74. The van der Waals surface area contributed by atoms with Crippen molar-refractivity contribution in [3.63, 3.8) is 0 Å². The highest BCUT2D eigenvalue weighted by molar-refractivity contribution is 7.13. The van der Waals surface area contributed by atoms with Crippen molar-refractivity contribution in [3.05, 3.63) is 81.0 Å². The maximum absolute atomic E-state index is 12.6. The van der Waals surface area contributed by atoms with Gasteiger partial charge in [0.25, 0.3) is 11.5 Å². The predicted molar refractivity (Wildman–Crippen MR) is 114 cm³/mol. The van der Waals surface area contributed by atoms with E-state index in [9.17, 15) is 9.59 Å². The Bertz CT molecular complexity index is 1020. The number of carbonyl (C=O) groups excluding carboxylic acids is 1. The molecule has 1 amide bonds. The van der Waals surface area contributed by atoms with E-state index in [4.69, 9.17) is 4.74 Å². The van der Waals surface area contributed by atoms with Crippen molar-refractivity contribution < 1.29 is 9.53 Å². The quantitative estimate of drug-likeness (QED) is 0.657. The second-order valence-electron chi connectivity index (χ2n) is 6.93. The van der Waals surface area contributed by atoms with Crippen LogP contribution < -0.4 is 10.9 Å². The zero-order valence-electron chi connectivity index (χ0n) is 16.0. The Morgan fingerprint density at radius 3 is 2.59 bits per heavy atom. The summed E-state index contributed by atoms with van der Waals surface area (Å²) in [6.45, 7) is 4.53. The lowest BCUT2D eigenvalue weighted by Gasteiger charge is -2.27. The highest BCUT2D eigenvalue weighted by atomic mass is 32.1. The van der Waals surface area contributed by atoms with E-state index in [0.717, 1.165) is 49.0 Å². The molecular formula is C22H23N3O3S. The van der Waals surface area contributed by atoms with Crippen LogP contribution in [0, 0.1) is 0 Å². The minimum atomic E-state index is -0.380. The van der Waals surface area contributed by atoms with E-state index in [1.54, 1.807) is 12.1 Å². The van der Waals surface area contributed by atoms with Crippen molar-refractivity contribution >= 4 is 17.2 Å². The Labute approximate surface area is 173 Å². The standard InChI is InChI=1S/C22H23N3O3S/c26-21(18-7-8-19(24-22(18)27)20-6-3-13-29-20)23-14-16-4-1-2-5-17(16)15-25-9-11-28-12-10-25/h1-8,13H,9-12,14-15H2,(H,23,26)(H,24,27). The zero-order valence-corrected chi connectivity index (χ0v) is 16.8. The fourth-order valence-electron chi connectivity index (χ4n) is 3.38. The topological polar surface area (TPSA) is 74.4 Å². The van der Waals surface area contributed by atoms with Crippen LogP contribution in [0.4, 0.5) is 0 Å². The number of thiophene rings is 1. The van der Waals surface area contributed by atoms with E-state index in [0.29, 0.717) is 6.54 Å². The Kier molecular flexibility index (Phi) is 6.19. The number of carbonyl (C=O) groups is 1. The van der Waals surface area contributed by atoms with Gasteiger partial charge in [-0.15, -0.1) is 11.3 Å². The molecule has 7 heteroatoms. The van der Waals surface area contributed by atoms with Crippen molar-refractivity contribution in [1.29, 1.82) is 0 Å². The van der Waals surface area contributed by atoms with Gasteiger partial charge in [0.05, 0.1) is 23.8 Å². The normalized spacial score (nSPS) is 14.6. The molecule has 0 bridgehead atoms. The summed E-state index contributed by atoms with van der Waals surface area (Å²) in [6.07, 6.45) is 0. The van der Waals surface area contributed by atoms with Gasteiger partial charge in [0.2, 0.25) is 0 Å². The molecule has 2 aromatic heterocycles. The lowest BCUT2D eigenvalue weighted by Crippen LogP contribution is -2.36. The lowest BCUT2D eigenvalue weighted by molar-refractivity contribution is 0.0340. The SMILES string of the molecule is O=C(NCc1ccccc1CN1CCOCC1)c1ccc(-c2cccs2)[nH]c1=O. The number of amides is 1. The van der Waals surface area contributed by atoms with Gasteiger partial charge in [-0.2, -0.15) is 0 Å². The summed E-state index contributed by atoms with van der Waals surface area (Å²) in [6, 6.07) is 15.3. The van der Waals surface area contributed by atoms with Gasteiger partial charge in [0.15, 0.2) is 0 Å². The maximum atomic E-state index is 12.6. The molecule has 1 aliphatic heterocycles. The number of benzene rings is 1. The summed E-state index contributed by atoms with van der Waals surface area (Å²) in [7, 11) is 0. The third-order valence-electron chi connectivity index (χ3n) is 5.00. The number of aromatic amines is 1. The molecule has 150 valence electrons. The summed E-state index contributed by atoms with van der Waals surface area (Å²) in [4.78, 5) is 31.1. The van der Waals surface area contributed by atoms with Gasteiger partial charge >= 0.3 is 0 Å². The van der Waals surface area contributed by atoms with Crippen molar-refractivity contribution in [2.75, 3.05) is 26.3 Å². The van der Waals surface area contributed by atoms with E-state index >= 15 is 0 Å². The molecule has 1 aromatic carbocycles. The highest BCUT2D eigenvalue weighted by Crippen LogP contribution is 2.21. The summed E-state index contributed by atoms with van der Waals surface area (Å²) < 4.78 is 5.41. The molecule has 3 heterocycles. The van der Waals surface area contributed by atoms with Gasteiger partial charge in [-0.3, -0.25) is 14.5 Å². The molecule has 0 saturated carbocycles. The summed E-state index contributed by atoms with van der Waals surface area (Å²) in [5.41, 5.74) is 2.69. The number of hydrogen-bond acceptors (Lipinski definition) is 5. The third-order valence-corrected chi connectivity index (χ3v) is 5.90. The molecule has 4 rings (SSSR count). The average Bonchev–Trinajstić information content (AvgIpc) is 3.28. The van der Waals surface area contributed by atoms with E-state index in [1.165, 1.54) is 16.9 Å². The van der Waals surface area contributed by atoms with E-state index < -0.39 is 0 Å². The van der Waals surface area contributed by atoms with Gasteiger partial charge < -0.3 is 15.0 Å². The first kappa shape index (κ1) is 19.6. The Morgan fingerprint density at radius 2 is 1.86 bits per heavy atom. The van der Waals surface area contributed by atoms with Crippen molar-refractivity contribution in [2.24, 2.45) is 0 Å². The van der Waals surface area contributed by atoms with Crippen molar-refractivity contribution in [1.82, 2.24) is 15.2 Å². The first-order valence-corrected chi connectivity index (χ1v) is 10.5. The average molecular weight is 410 g/mol. The maximum Gasteiger partial charge on any atom is 0.261 e. The molecule has 0 atom stereocenters. The fraction of sp³-hybridized carbons (Fsp3) is 0.273. The number of hydrogen-bond donors (Lipinski definition) is 2. The monoisotopic (exact) mass is 409 g/mol. The molecule has 1 fully saturated rings. The predicted octanol–water partition coefficient (Wildman–Crippen LogP) is 2.87. The third kappa shape index (κ3) is 4.82. The summed E-state index contributed by atoms with van der Waals surface area (Å²) >= 11 is 1.54. The van der Waals surface area contributed by atoms with Crippen LogP contribution in [0.15, 0.2) is 58.7 Å². The van der Waals surface area contributed by atoms with Gasteiger partial charge in [0, 0.05) is 26.2 Å². The second kappa shape index (κ2) is 9.17. The minimum absolute atomic E-state index is 0.121. The Morgan fingerprint density at radius 1 is 1.07 bits per heavy atom.